The van der Waals surface area contributed by atoms with Crippen molar-refractivity contribution >= 4 is 12.0 Å². The minimum absolute atomic E-state index is 0.0532. The Bertz CT molecular complexity index is 1390. The molecule has 5 atom stereocenters. The number of benzene rings is 2. The zero-order chi connectivity index (χ0) is 28.4. The van der Waals surface area contributed by atoms with Gasteiger partial charge in [-0.1, -0.05) is 24.3 Å². The fourth-order valence-electron chi connectivity index (χ4n) is 7.76. The Kier molecular flexibility index (Phi) is 6.19. The summed E-state index contributed by atoms with van der Waals surface area (Å²) in [6, 6.07) is 8.06. The number of phenolic OH excluding ortho intramolecular Hbond substituents is 1. The Morgan fingerprint density at radius 3 is 2.85 bits per heavy atom. The summed E-state index contributed by atoms with van der Waals surface area (Å²) in [5.74, 6) is -0.271. The molecular formula is C30H31F3N2O5. The molecule has 2 aromatic carbocycles. The molecule has 2 heterocycles. The first-order valence-corrected chi connectivity index (χ1v) is 13.4. The van der Waals surface area contributed by atoms with Crippen molar-refractivity contribution in [2.45, 2.75) is 61.2 Å². The Labute approximate surface area is 230 Å². The smallest absolute Gasteiger partial charge is 0.504 e. The predicted octanol–water partition coefficient (Wildman–Crippen LogP) is 4.17. The van der Waals surface area contributed by atoms with Crippen molar-refractivity contribution < 1.29 is 37.7 Å². The number of rotatable bonds is 6. The molecular weight excluding hydrogens is 525 g/mol. The van der Waals surface area contributed by atoms with Crippen molar-refractivity contribution in [1.29, 1.82) is 0 Å². The second kappa shape index (κ2) is 9.27. The number of aromatic hydroxyl groups is 1. The lowest BCUT2D eigenvalue weighted by molar-refractivity contribution is -0.274. The van der Waals surface area contributed by atoms with Gasteiger partial charge in [-0.2, -0.15) is 0 Å². The number of nitrogens with zero attached hydrogens (tertiary/aromatic N) is 2. The summed E-state index contributed by atoms with van der Waals surface area (Å²) in [7, 11) is 1.65. The molecule has 4 aliphatic rings. The highest BCUT2D eigenvalue weighted by atomic mass is 19.4. The lowest BCUT2D eigenvalue weighted by atomic mass is 9.47. The molecule has 1 saturated carbocycles. The van der Waals surface area contributed by atoms with E-state index in [-0.39, 0.29) is 29.6 Å². The molecule has 10 heteroatoms. The van der Waals surface area contributed by atoms with Crippen molar-refractivity contribution in [2.75, 3.05) is 20.1 Å². The lowest BCUT2D eigenvalue weighted by Gasteiger charge is -2.66. The maximum absolute atomic E-state index is 13.5. The van der Waals surface area contributed by atoms with E-state index in [0.29, 0.717) is 50.1 Å². The molecule has 2 bridgehead atoms. The van der Waals surface area contributed by atoms with E-state index in [1.54, 1.807) is 24.1 Å². The second-order valence-electron chi connectivity index (χ2n) is 11.1. The molecule has 2 N–H and O–H groups in total. The van der Waals surface area contributed by atoms with E-state index in [9.17, 15) is 28.2 Å². The lowest BCUT2D eigenvalue weighted by Crippen LogP contribution is -2.81. The van der Waals surface area contributed by atoms with Crippen molar-refractivity contribution in [3.63, 3.8) is 0 Å². The van der Waals surface area contributed by atoms with E-state index >= 15 is 0 Å². The van der Waals surface area contributed by atoms with Crippen LogP contribution in [0, 0.1) is 0 Å². The van der Waals surface area contributed by atoms with Gasteiger partial charge >= 0.3 is 6.36 Å². The minimum atomic E-state index is -4.82. The molecule has 7 nitrogen and oxygen atoms in total. The Balaban J connectivity index is 1.35. The summed E-state index contributed by atoms with van der Waals surface area (Å²) in [4.78, 5) is 17.2. The monoisotopic (exact) mass is 556 g/mol. The zero-order valence-electron chi connectivity index (χ0n) is 22.0. The largest absolute Gasteiger partial charge is 0.573 e. The Hall–Kier alpha value is -3.50. The molecule has 2 aliphatic carbocycles. The van der Waals surface area contributed by atoms with Gasteiger partial charge in [0.1, 0.15) is 17.5 Å². The van der Waals surface area contributed by atoms with Crippen LogP contribution >= 0.6 is 0 Å². The Morgan fingerprint density at radius 2 is 2.10 bits per heavy atom. The van der Waals surface area contributed by atoms with Crippen LogP contribution in [0.3, 0.4) is 0 Å². The molecule has 2 fully saturated rings. The zero-order valence-corrected chi connectivity index (χ0v) is 22.0. The normalized spacial score (nSPS) is 30.5. The summed E-state index contributed by atoms with van der Waals surface area (Å²) in [6.45, 7) is 5.20. The van der Waals surface area contributed by atoms with Crippen LogP contribution in [0.25, 0.3) is 6.08 Å². The SMILES string of the molecule is C=CCN1CC[C@]23c4c5ccc(O)c4O[C@H]2CC[C@H](N(C)C(=O)C=Cc2cccc(OC(F)(F)F)c2)[C@@]3(O)[C@H]1C5. The van der Waals surface area contributed by atoms with Crippen molar-refractivity contribution in [3.05, 3.63) is 71.8 Å². The quantitative estimate of drug-likeness (QED) is 0.411. The van der Waals surface area contributed by atoms with Gasteiger partial charge in [0.2, 0.25) is 5.91 Å². The average molecular weight is 557 g/mol. The third-order valence-corrected chi connectivity index (χ3v) is 9.25. The van der Waals surface area contributed by atoms with E-state index in [2.05, 4.69) is 16.2 Å². The van der Waals surface area contributed by atoms with Gasteiger partial charge in [0.05, 0.1) is 11.5 Å². The number of hydrogen-bond acceptors (Lipinski definition) is 6. The van der Waals surface area contributed by atoms with Gasteiger partial charge in [-0.15, -0.1) is 19.8 Å². The number of phenols is 1. The van der Waals surface area contributed by atoms with Crippen LogP contribution in [0.5, 0.6) is 17.2 Å². The van der Waals surface area contributed by atoms with Crippen LogP contribution in [-0.2, 0) is 16.6 Å². The summed E-state index contributed by atoms with van der Waals surface area (Å²) in [5, 5.41) is 23.6. The highest BCUT2D eigenvalue weighted by Gasteiger charge is 2.74. The number of amides is 1. The second-order valence-corrected chi connectivity index (χ2v) is 11.1. The number of likely N-dealkylation sites (N-methyl/N-ethyl adjacent to an activating group) is 1. The van der Waals surface area contributed by atoms with E-state index in [4.69, 9.17) is 4.74 Å². The first-order chi connectivity index (χ1) is 19.0. The standard InChI is InChI=1S/C30H31F3N2O5/c1-3-14-35-15-13-28-24-11-10-22(29(28,38)23(35)17-19-8-9-21(36)27(39-24)26(19)28)34(2)25(37)12-7-18-5-4-6-20(16-18)40-30(31,32)33/h3-9,12,16,22-24,36,38H,1,10-11,13-15,17H2,2H3/t22-,23+,24-,28+,29+/m0/s1. The third kappa shape index (κ3) is 3.83. The maximum Gasteiger partial charge on any atom is 0.573 e. The molecule has 0 radical (unpaired) electrons. The van der Waals surface area contributed by atoms with Crippen molar-refractivity contribution in [1.82, 2.24) is 9.80 Å². The van der Waals surface area contributed by atoms with Crippen LogP contribution in [0.15, 0.2) is 55.1 Å². The molecule has 1 spiro atoms. The third-order valence-electron chi connectivity index (χ3n) is 9.25. The minimum Gasteiger partial charge on any atom is -0.504 e. The number of hydrogen-bond donors (Lipinski definition) is 2. The summed E-state index contributed by atoms with van der Waals surface area (Å²) in [5.41, 5.74) is 0.101. The van der Waals surface area contributed by atoms with Crippen LogP contribution in [-0.4, -0.2) is 76.2 Å². The van der Waals surface area contributed by atoms with E-state index in [1.165, 1.54) is 30.4 Å². The van der Waals surface area contributed by atoms with Gasteiger partial charge in [0.15, 0.2) is 11.5 Å². The van der Waals surface area contributed by atoms with Gasteiger partial charge in [0, 0.05) is 31.3 Å². The predicted molar refractivity (Wildman–Crippen MR) is 141 cm³/mol. The summed E-state index contributed by atoms with van der Waals surface area (Å²) < 4.78 is 48.2. The number of piperidine rings is 1. The van der Waals surface area contributed by atoms with Gasteiger partial charge in [-0.05, 0) is 67.6 Å². The highest BCUT2D eigenvalue weighted by Crippen LogP contribution is 2.65. The maximum atomic E-state index is 13.5. The van der Waals surface area contributed by atoms with Crippen LogP contribution in [0.2, 0.25) is 0 Å². The molecule has 2 aliphatic heterocycles. The topological polar surface area (TPSA) is 82.5 Å². The fourth-order valence-corrected chi connectivity index (χ4v) is 7.76. The molecule has 2 aromatic rings. The number of carbonyl (C=O) groups is 1. The number of likely N-dealkylation sites (tertiary alicyclic amines) is 1. The number of aliphatic hydroxyl groups is 1. The van der Waals surface area contributed by atoms with E-state index in [1.807, 2.05) is 12.1 Å². The van der Waals surface area contributed by atoms with E-state index < -0.39 is 23.4 Å². The molecule has 1 saturated heterocycles. The van der Waals surface area contributed by atoms with Gasteiger partial charge < -0.3 is 24.6 Å². The highest BCUT2D eigenvalue weighted by molar-refractivity contribution is 5.92. The number of alkyl halides is 3. The molecule has 0 aromatic heterocycles. The van der Waals surface area contributed by atoms with Gasteiger partial charge in [-0.3, -0.25) is 9.69 Å². The number of ether oxygens (including phenoxy) is 2. The molecule has 6 rings (SSSR count). The number of halogens is 3. The first kappa shape index (κ1) is 26.7. The van der Waals surface area contributed by atoms with Gasteiger partial charge in [0.25, 0.3) is 0 Å². The van der Waals surface area contributed by atoms with Crippen LogP contribution < -0.4 is 9.47 Å². The number of carbonyl (C=O) groups excluding carboxylic acids is 1. The van der Waals surface area contributed by atoms with Crippen LogP contribution in [0.1, 0.15) is 36.0 Å². The first-order valence-electron chi connectivity index (χ1n) is 13.4. The average Bonchev–Trinajstić information content (AvgIpc) is 3.24. The summed E-state index contributed by atoms with van der Waals surface area (Å²) in [6.07, 6.45) is 1.61. The Morgan fingerprint density at radius 1 is 1.30 bits per heavy atom. The van der Waals surface area contributed by atoms with Crippen LogP contribution in [0.4, 0.5) is 13.2 Å². The molecule has 212 valence electrons. The van der Waals surface area contributed by atoms with Crippen molar-refractivity contribution in [3.8, 4) is 17.2 Å². The molecule has 1 amide bonds. The van der Waals surface area contributed by atoms with Gasteiger partial charge in [-0.25, -0.2) is 0 Å². The molecule has 0 unspecified atom stereocenters. The van der Waals surface area contributed by atoms with Crippen molar-refractivity contribution in [2.24, 2.45) is 0 Å². The molecule has 40 heavy (non-hydrogen) atoms. The van der Waals surface area contributed by atoms with E-state index in [0.717, 1.165) is 11.1 Å². The summed E-state index contributed by atoms with van der Waals surface area (Å²) >= 11 is 0. The fraction of sp³-hybridized carbons (Fsp3) is 0.433.